The first-order valence-electron chi connectivity index (χ1n) is 9.49. The number of carbonyl (C=O) groups excluding carboxylic acids is 2. The average Bonchev–Trinajstić information content (AvgIpc) is 3.22. The molecule has 0 fully saturated rings. The number of hydrogen-bond donors (Lipinski definition) is 2. The minimum atomic E-state index is -4.10. The van der Waals surface area contributed by atoms with Gasteiger partial charge < -0.3 is 10.1 Å². The van der Waals surface area contributed by atoms with E-state index in [0.717, 1.165) is 17.4 Å². The number of amides is 1. The Morgan fingerprint density at radius 1 is 1.18 bits per heavy atom. The van der Waals surface area contributed by atoms with Crippen LogP contribution < -0.4 is 10.0 Å². The standard InChI is InChI=1S/C22H18FN3O5S2/c1-13-6-7-18(11-19(13)23)33(29,30)26-17-5-3-4-15(10-17)22(28)31-14(2)20(27)25-21-16(12-24)8-9-32-21/h3-11,14,26H,1-2H3,(H,25,27). The summed E-state index contributed by atoms with van der Waals surface area (Å²) in [5.74, 6) is -2.14. The molecule has 1 unspecified atom stereocenters. The molecule has 0 bridgehead atoms. The van der Waals surface area contributed by atoms with Crippen LogP contribution in [0.5, 0.6) is 0 Å². The first kappa shape index (κ1) is 23.9. The van der Waals surface area contributed by atoms with Crippen molar-refractivity contribution in [3.8, 4) is 6.07 Å². The van der Waals surface area contributed by atoms with Gasteiger partial charge in [-0.05, 0) is 61.2 Å². The molecular weight excluding hydrogens is 469 g/mol. The van der Waals surface area contributed by atoms with Gasteiger partial charge in [-0.15, -0.1) is 11.3 Å². The zero-order valence-corrected chi connectivity index (χ0v) is 19.1. The topological polar surface area (TPSA) is 125 Å². The van der Waals surface area contributed by atoms with Gasteiger partial charge in [-0.1, -0.05) is 12.1 Å². The highest BCUT2D eigenvalue weighted by molar-refractivity contribution is 7.92. The van der Waals surface area contributed by atoms with Crippen LogP contribution >= 0.6 is 11.3 Å². The van der Waals surface area contributed by atoms with Crippen LogP contribution in [-0.4, -0.2) is 26.4 Å². The van der Waals surface area contributed by atoms with Crippen molar-refractivity contribution in [2.24, 2.45) is 0 Å². The van der Waals surface area contributed by atoms with Crippen LogP contribution in [0.25, 0.3) is 0 Å². The number of ether oxygens (including phenoxy) is 1. The molecule has 8 nitrogen and oxygen atoms in total. The Morgan fingerprint density at radius 3 is 2.64 bits per heavy atom. The maximum Gasteiger partial charge on any atom is 0.338 e. The third-order valence-electron chi connectivity index (χ3n) is 4.48. The summed E-state index contributed by atoms with van der Waals surface area (Å²) < 4.78 is 46.3. The zero-order valence-electron chi connectivity index (χ0n) is 17.5. The normalized spacial score (nSPS) is 11.8. The summed E-state index contributed by atoms with van der Waals surface area (Å²) in [6.07, 6.45) is -1.18. The van der Waals surface area contributed by atoms with Crippen molar-refractivity contribution in [2.75, 3.05) is 10.0 Å². The van der Waals surface area contributed by atoms with E-state index in [-0.39, 0.29) is 16.1 Å². The van der Waals surface area contributed by atoms with E-state index < -0.39 is 33.8 Å². The summed E-state index contributed by atoms with van der Waals surface area (Å²) in [5.41, 5.74) is 0.652. The molecule has 1 heterocycles. The highest BCUT2D eigenvalue weighted by atomic mass is 32.2. The highest BCUT2D eigenvalue weighted by Gasteiger charge is 2.21. The summed E-state index contributed by atoms with van der Waals surface area (Å²) in [4.78, 5) is 24.5. The highest BCUT2D eigenvalue weighted by Crippen LogP contribution is 2.23. The zero-order chi connectivity index (χ0) is 24.2. The Morgan fingerprint density at radius 2 is 1.94 bits per heavy atom. The molecule has 0 saturated carbocycles. The van der Waals surface area contributed by atoms with E-state index in [9.17, 15) is 22.4 Å². The van der Waals surface area contributed by atoms with Gasteiger partial charge >= 0.3 is 5.97 Å². The number of esters is 1. The molecule has 3 aromatic rings. The lowest BCUT2D eigenvalue weighted by atomic mass is 10.2. The number of rotatable bonds is 7. The molecule has 1 atom stereocenters. The van der Waals surface area contributed by atoms with Gasteiger partial charge in [0.25, 0.3) is 15.9 Å². The van der Waals surface area contributed by atoms with Gasteiger partial charge in [0.2, 0.25) is 0 Å². The van der Waals surface area contributed by atoms with Gasteiger partial charge in [-0.3, -0.25) is 9.52 Å². The number of benzene rings is 2. The van der Waals surface area contributed by atoms with Crippen molar-refractivity contribution < 1.29 is 27.1 Å². The number of carbonyl (C=O) groups is 2. The first-order valence-corrected chi connectivity index (χ1v) is 11.9. The summed E-state index contributed by atoms with van der Waals surface area (Å²) in [7, 11) is -4.10. The summed E-state index contributed by atoms with van der Waals surface area (Å²) >= 11 is 1.16. The predicted molar refractivity (Wildman–Crippen MR) is 121 cm³/mol. The monoisotopic (exact) mass is 487 g/mol. The molecule has 2 N–H and O–H groups in total. The molecular formula is C22H18FN3O5S2. The second-order valence-corrected chi connectivity index (χ2v) is 9.51. The molecule has 0 aliphatic rings. The van der Waals surface area contributed by atoms with Gasteiger partial charge in [0.15, 0.2) is 6.10 Å². The Bertz CT molecular complexity index is 1360. The summed E-state index contributed by atoms with van der Waals surface area (Å²) in [6, 6.07) is 12.5. The molecule has 0 spiro atoms. The third kappa shape index (κ3) is 5.74. The molecule has 3 rings (SSSR count). The van der Waals surface area contributed by atoms with Crippen LogP contribution in [0.2, 0.25) is 0 Å². The van der Waals surface area contributed by atoms with Crippen LogP contribution in [0.3, 0.4) is 0 Å². The molecule has 1 amide bonds. The first-order chi connectivity index (χ1) is 15.6. The number of halogens is 1. The number of hydrogen-bond acceptors (Lipinski definition) is 7. The largest absolute Gasteiger partial charge is 0.449 e. The smallest absolute Gasteiger partial charge is 0.338 e. The lowest BCUT2D eigenvalue weighted by Gasteiger charge is -2.14. The predicted octanol–water partition coefficient (Wildman–Crippen LogP) is 4.05. The molecule has 33 heavy (non-hydrogen) atoms. The number of nitrogens with one attached hydrogen (secondary N) is 2. The second kappa shape index (κ2) is 9.81. The lowest BCUT2D eigenvalue weighted by Crippen LogP contribution is -2.30. The van der Waals surface area contributed by atoms with Gasteiger partial charge in [0.1, 0.15) is 16.9 Å². The van der Waals surface area contributed by atoms with Crippen LogP contribution in [0.15, 0.2) is 58.8 Å². The molecule has 170 valence electrons. The number of nitrogens with zero attached hydrogens (tertiary/aromatic N) is 1. The van der Waals surface area contributed by atoms with Crippen molar-refractivity contribution in [1.29, 1.82) is 5.26 Å². The van der Waals surface area contributed by atoms with Gasteiger partial charge in [-0.25, -0.2) is 17.6 Å². The number of nitriles is 1. The van der Waals surface area contributed by atoms with Crippen LogP contribution in [0.1, 0.15) is 28.4 Å². The lowest BCUT2D eigenvalue weighted by molar-refractivity contribution is -0.123. The van der Waals surface area contributed by atoms with Crippen molar-refractivity contribution >= 4 is 43.9 Å². The van der Waals surface area contributed by atoms with E-state index in [1.807, 2.05) is 6.07 Å². The van der Waals surface area contributed by atoms with Crippen molar-refractivity contribution in [1.82, 2.24) is 0 Å². The SMILES string of the molecule is Cc1ccc(S(=O)(=O)Nc2cccc(C(=O)OC(C)C(=O)Nc3sccc3C#N)c2)cc1F. The molecule has 11 heteroatoms. The fraction of sp³-hybridized carbons (Fsp3) is 0.136. The maximum absolute atomic E-state index is 13.8. The summed E-state index contributed by atoms with van der Waals surface area (Å²) in [6.45, 7) is 2.88. The second-order valence-electron chi connectivity index (χ2n) is 6.91. The minimum Gasteiger partial charge on any atom is -0.449 e. The molecule has 2 aromatic carbocycles. The third-order valence-corrected chi connectivity index (χ3v) is 6.69. The van der Waals surface area contributed by atoms with E-state index in [4.69, 9.17) is 10.00 Å². The van der Waals surface area contributed by atoms with E-state index in [2.05, 4.69) is 10.0 Å². The van der Waals surface area contributed by atoms with Crippen LogP contribution in [0.4, 0.5) is 15.1 Å². The molecule has 0 aliphatic carbocycles. The Kier molecular flexibility index (Phi) is 7.10. The van der Waals surface area contributed by atoms with E-state index >= 15 is 0 Å². The fourth-order valence-corrected chi connectivity index (χ4v) is 4.46. The molecule has 0 saturated heterocycles. The minimum absolute atomic E-state index is 0.00114. The van der Waals surface area contributed by atoms with Crippen molar-refractivity contribution in [3.63, 3.8) is 0 Å². The quantitative estimate of drug-likeness (QED) is 0.484. The van der Waals surface area contributed by atoms with Crippen LogP contribution in [-0.2, 0) is 19.6 Å². The maximum atomic E-state index is 13.8. The Hall–Kier alpha value is -3.75. The van der Waals surface area contributed by atoms with E-state index in [0.29, 0.717) is 16.1 Å². The van der Waals surface area contributed by atoms with Gasteiger partial charge in [0, 0.05) is 5.69 Å². The Labute approximate surface area is 193 Å². The Balaban J connectivity index is 1.69. The number of sulfonamides is 1. The summed E-state index contributed by atoms with van der Waals surface area (Å²) in [5, 5.41) is 13.5. The molecule has 0 aliphatic heterocycles. The van der Waals surface area contributed by atoms with Crippen molar-refractivity contribution in [3.05, 3.63) is 76.4 Å². The number of anilines is 2. The van der Waals surface area contributed by atoms with Crippen molar-refractivity contribution in [2.45, 2.75) is 24.8 Å². The molecule has 0 radical (unpaired) electrons. The fourth-order valence-electron chi connectivity index (χ4n) is 2.65. The van der Waals surface area contributed by atoms with Gasteiger partial charge in [-0.2, -0.15) is 5.26 Å². The van der Waals surface area contributed by atoms with Gasteiger partial charge in [0.05, 0.1) is 16.0 Å². The molecule has 1 aromatic heterocycles. The number of thiophene rings is 1. The van der Waals surface area contributed by atoms with E-state index in [1.165, 1.54) is 50.2 Å². The van der Waals surface area contributed by atoms with E-state index in [1.54, 1.807) is 11.4 Å². The average molecular weight is 488 g/mol. The van der Waals surface area contributed by atoms with Crippen LogP contribution in [0, 0.1) is 24.1 Å². The number of aryl methyl sites for hydroxylation is 1.